The second kappa shape index (κ2) is 6.88. The van der Waals surface area contributed by atoms with Crippen LogP contribution in [0.2, 0.25) is 5.02 Å². The Balaban J connectivity index is 1.72. The summed E-state index contributed by atoms with van der Waals surface area (Å²) in [4.78, 5) is 16.5. The van der Waals surface area contributed by atoms with E-state index in [4.69, 9.17) is 11.6 Å². The van der Waals surface area contributed by atoms with Crippen LogP contribution in [0.15, 0.2) is 36.7 Å². The van der Waals surface area contributed by atoms with Gasteiger partial charge in [0.15, 0.2) is 0 Å². The molecule has 0 radical (unpaired) electrons. The van der Waals surface area contributed by atoms with Gasteiger partial charge < -0.3 is 4.57 Å². The highest BCUT2D eigenvalue weighted by Crippen LogP contribution is 2.18. The first-order chi connectivity index (χ1) is 11.5. The summed E-state index contributed by atoms with van der Waals surface area (Å²) in [6, 6.07) is 7.61. The Kier molecular flexibility index (Phi) is 4.66. The molecule has 0 saturated carbocycles. The minimum atomic E-state index is -0.130. The Bertz CT molecular complexity index is 848. The molecule has 2 N–H and O–H groups in total. The number of halogens is 1. The third kappa shape index (κ3) is 3.49. The Morgan fingerprint density at radius 1 is 1.33 bits per heavy atom. The normalized spacial score (nSPS) is 10.8. The maximum absolute atomic E-state index is 12.3. The molecule has 0 unspecified atom stereocenters. The lowest BCUT2D eigenvalue weighted by atomic mass is 10.1. The molecular weight excluding hydrogens is 326 g/mol. The predicted molar refractivity (Wildman–Crippen MR) is 93.2 cm³/mol. The summed E-state index contributed by atoms with van der Waals surface area (Å²) in [6.07, 6.45) is 3.72. The number of aryl methyl sites for hydroxylation is 2. The molecule has 0 bridgehead atoms. The summed E-state index contributed by atoms with van der Waals surface area (Å²) >= 11 is 6.20. The van der Waals surface area contributed by atoms with Gasteiger partial charge in [-0.05, 0) is 25.5 Å². The topological polar surface area (TPSA) is 75.6 Å². The first-order valence-electron chi connectivity index (χ1n) is 7.59. The molecule has 0 spiro atoms. The van der Waals surface area contributed by atoms with Crippen LogP contribution in [0, 0.1) is 13.8 Å². The van der Waals surface area contributed by atoms with Crippen molar-refractivity contribution in [3.63, 3.8) is 0 Å². The minimum Gasteiger partial charge on any atom is -0.313 e. The van der Waals surface area contributed by atoms with E-state index in [-0.39, 0.29) is 12.3 Å². The molecule has 0 fully saturated rings. The smallest absolute Gasteiger partial charge is 0.231 e. The maximum Gasteiger partial charge on any atom is 0.231 e. The quantitative estimate of drug-likeness (QED) is 0.747. The lowest BCUT2D eigenvalue weighted by Gasteiger charge is -2.10. The Hall–Kier alpha value is -2.60. The van der Waals surface area contributed by atoms with Crippen LogP contribution in [-0.4, -0.2) is 25.7 Å². The second-order valence-corrected chi connectivity index (χ2v) is 6.01. The number of H-pyrrole nitrogens is 1. The van der Waals surface area contributed by atoms with Crippen LogP contribution in [0.5, 0.6) is 0 Å². The molecule has 2 heterocycles. The molecule has 124 valence electrons. The van der Waals surface area contributed by atoms with Gasteiger partial charge in [0.2, 0.25) is 11.9 Å². The molecule has 7 heteroatoms. The fourth-order valence-electron chi connectivity index (χ4n) is 2.53. The molecule has 1 aromatic carbocycles. The number of aromatic nitrogens is 4. The van der Waals surface area contributed by atoms with Gasteiger partial charge in [0.1, 0.15) is 0 Å². The lowest BCUT2D eigenvalue weighted by molar-refractivity contribution is -0.115. The van der Waals surface area contributed by atoms with E-state index < -0.39 is 0 Å². The van der Waals surface area contributed by atoms with E-state index in [0.29, 0.717) is 17.5 Å². The van der Waals surface area contributed by atoms with E-state index in [0.717, 1.165) is 22.5 Å². The average molecular weight is 344 g/mol. The van der Waals surface area contributed by atoms with Gasteiger partial charge in [-0.25, -0.2) is 4.98 Å². The van der Waals surface area contributed by atoms with Gasteiger partial charge in [-0.3, -0.25) is 15.2 Å². The van der Waals surface area contributed by atoms with Crippen molar-refractivity contribution in [2.75, 3.05) is 5.32 Å². The van der Waals surface area contributed by atoms with E-state index in [2.05, 4.69) is 20.5 Å². The van der Waals surface area contributed by atoms with Crippen molar-refractivity contribution in [1.82, 2.24) is 19.7 Å². The molecule has 2 aromatic heterocycles. The number of imidazole rings is 1. The summed E-state index contributed by atoms with van der Waals surface area (Å²) in [7, 11) is 0. The first kappa shape index (κ1) is 16.3. The van der Waals surface area contributed by atoms with Crippen LogP contribution < -0.4 is 5.32 Å². The lowest BCUT2D eigenvalue weighted by Crippen LogP contribution is -2.18. The number of amides is 1. The first-order valence-corrected chi connectivity index (χ1v) is 7.97. The molecule has 0 aliphatic heterocycles. The zero-order valence-electron chi connectivity index (χ0n) is 13.5. The maximum atomic E-state index is 12.3. The van der Waals surface area contributed by atoms with Crippen LogP contribution in [-0.2, 0) is 17.8 Å². The molecule has 3 rings (SSSR count). The molecule has 1 amide bonds. The van der Waals surface area contributed by atoms with E-state index >= 15 is 0 Å². The summed E-state index contributed by atoms with van der Waals surface area (Å²) in [5.41, 5.74) is 3.62. The molecule has 0 atom stereocenters. The van der Waals surface area contributed by atoms with Crippen LogP contribution in [0.25, 0.3) is 0 Å². The molecule has 3 aromatic rings. The number of rotatable bonds is 5. The Labute approximate surface area is 144 Å². The second-order valence-electron chi connectivity index (χ2n) is 5.61. The fraction of sp³-hybridized carbons (Fsp3) is 0.235. The van der Waals surface area contributed by atoms with Gasteiger partial charge in [-0.15, -0.1) is 0 Å². The minimum absolute atomic E-state index is 0.130. The number of aromatic amines is 1. The highest BCUT2D eigenvalue weighted by Gasteiger charge is 2.14. The summed E-state index contributed by atoms with van der Waals surface area (Å²) < 4.78 is 1.86. The zero-order valence-corrected chi connectivity index (χ0v) is 14.3. The monoisotopic (exact) mass is 343 g/mol. The number of anilines is 1. The molecule has 6 nitrogen and oxygen atoms in total. The van der Waals surface area contributed by atoms with E-state index in [9.17, 15) is 4.79 Å². The van der Waals surface area contributed by atoms with Crippen LogP contribution in [0.1, 0.15) is 22.5 Å². The Morgan fingerprint density at radius 2 is 2.12 bits per heavy atom. The highest BCUT2D eigenvalue weighted by atomic mass is 35.5. The number of hydrogen-bond donors (Lipinski definition) is 2. The van der Waals surface area contributed by atoms with Crippen molar-refractivity contribution in [2.24, 2.45) is 0 Å². The van der Waals surface area contributed by atoms with E-state index in [1.807, 2.05) is 48.9 Å². The molecule has 0 saturated heterocycles. The van der Waals surface area contributed by atoms with Gasteiger partial charge in [0, 0.05) is 28.7 Å². The van der Waals surface area contributed by atoms with Crippen LogP contribution >= 0.6 is 11.6 Å². The fourth-order valence-corrected chi connectivity index (χ4v) is 2.73. The number of carbonyl (C=O) groups excluding carboxylic acids is 1. The van der Waals surface area contributed by atoms with Gasteiger partial charge in [-0.2, -0.15) is 5.10 Å². The van der Waals surface area contributed by atoms with Crippen LogP contribution in [0.3, 0.4) is 0 Å². The Morgan fingerprint density at radius 3 is 2.83 bits per heavy atom. The predicted octanol–water partition coefficient (Wildman–Crippen LogP) is 3.11. The SMILES string of the molecule is Cc1n[nH]c(C)c1CC(=O)Nc1nccn1Cc1ccccc1Cl. The number of hydrogen-bond acceptors (Lipinski definition) is 3. The summed E-state index contributed by atoms with van der Waals surface area (Å²) in [5.74, 6) is 0.368. The van der Waals surface area contributed by atoms with Gasteiger partial charge >= 0.3 is 0 Å². The summed E-state index contributed by atoms with van der Waals surface area (Å²) in [6.45, 7) is 4.32. The molecule has 0 aliphatic rings. The summed E-state index contributed by atoms with van der Waals surface area (Å²) in [5, 5.41) is 10.5. The average Bonchev–Trinajstić information content (AvgIpc) is 3.11. The zero-order chi connectivity index (χ0) is 17.1. The third-order valence-electron chi connectivity index (χ3n) is 3.88. The molecule has 24 heavy (non-hydrogen) atoms. The number of nitrogens with zero attached hydrogens (tertiary/aromatic N) is 3. The largest absolute Gasteiger partial charge is 0.313 e. The molecular formula is C17H18ClN5O. The van der Waals surface area contributed by atoms with Gasteiger partial charge in [0.25, 0.3) is 0 Å². The van der Waals surface area contributed by atoms with E-state index in [1.54, 1.807) is 6.20 Å². The number of benzene rings is 1. The van der Waals surface area contributed by atoms with Crippen molar-refractivity contribution in [1.29, 1.82) is 0 Å². The van der Waals surface area contributed by atoms with Crippen molar-refractivity contribution < 1.29 is 4.79 Å². The standard InChI is InChI=1S/C17H18ClN5O/c1-11-14(12(2)22-21-11)9-16(24)20-17-19-7-8-23(17)10-13-5-3-4-6-15(13)18/h3-8H,9-10H2,1-2H3,(H,21,22)(H,19,20,24). The highest BCUT2D eigenvalue weighted by molar-refractivity contribution is 6.31. The van der Waals surface area contributed by atoms with Gasteiger partial charge in [0.05, 0.1) is 18.7 Å². The van der Waals surface area contributed by atoms with Crippen molar-refractivity contribution >= 4 is 23.5 Å². The van der Waals surface area contributed by atoms with Gasteiger partial charge in [-0.1, -0.05) is 29.8 Å². The van der Waals surface area contributed by atoms with Crippen molar-refractivity contribution in [3.05, 3.63) is 64.2 Å². The third-order valence-corrected chi connectivity index (χ3v) is 4.25. The van der Waals surface area contributed by atoms with Crippen LogP contribution in [0.4, 0.5) is 5.95 Å². The van der Waals surface area contributed by atoms with E-state index in [1.165, 1.54) is 0 Å². The number of carbonyl (C=O) groups is 1. The number of nitrogens with one attached hydrogen (secondary N) is 2. The van der Waals surface area contributed by atoms with Crippen molar-refractivity contribution in [3.8, 4) is 0 Å². The van der Waals surface area contributed by atoms with Crippen molar-refractivity contribution in [2.45, 2.75) is 26.8 Å². The molecule has 0 aliphatic carbocycles.